The third-order valence-electron chi connectivity index (χ3n) is 6.59. The molecule has 3 aliphatic heterocycles. The summed E-state index contributed by atoms with van der Waals surface area (Å²) < 4.78 is 98.1. The van der Waals surface area contributed by atoms with Crippen molar-refractivity contribution >= 4 is 5.97 Å². The van der Waals surface area contributed by atoms with Crippen LogP contribution in [0.15, 0.2) is 24.3 Å². The Morgan fingerprint density at radius 1 is 1.00 bits per heavy atom. The van der Waals surface area contributed by atoms with Gasteiger partial charge in [-0.1, -0.05) is 12.1 Å². The molecule has 3 saturated heterocycles. The highest BCUT2D eigenvalue weighted by molar-refractivity contribution is 5.73. The van der Waals surface area contributed by atoms with Crippen molar-refractivity contribution in [3.8, 4) is 0 Å². The lowest BCUT2D eigenvalue weighted by Crippen LogP contribution is -2.61. The van der Waals surface area contributed by atoms with Gasteiger partial charge in [-0.3, -0.25) is 9.80 Å². The Morgan fingerprint density at radius 2 is 1.57 bits per heavy atom. The SMILES string of the molecule is FC1(F)C[C@H]2CN(C3CCNCC3)[C@@H](Cc3ccc(C(F)(F)F)cc3)CN2C1.O=C(O)C(F)(F)F. The second-order valence-corrected chi connectivity index (χ2v) is 9.18. The second-order valence-electron chi connectivity index (χ2n) is 9.18. The quantitative estimate of drug-likeness (QED) is 0.594. The molecule has 0 bridgehead atoms. The highest BCUT2D eigenvalue weighted by Gasteiger charge is 2.49. The van der Waals surface area contributed by atoms with Crippen LogP contribution in [-0.2, 0) is 17.4 Å². The Hall–Kier alpha value is -1.99. The molecule has 3 heterocycles. The van der Waals surface area contributed by atoms with Crippen LogP contribution in [0.25, 0.3) is 0 Å². The molecule has 0 spiro atoms. The molecule has 3 aliphatic rings. The number of carbonyl (C=O) groups is 1. The Balaban J connectivity index is 0.000000429. The number of piperidine rings is 1. The zero-order valence-corrected chi connectivity index (χ0v) is 18.7. The predicted molar refractivity (Wildman–Crippen MR) is 110 cm³/mol. The smallest absolute Gasteiger partial charge is 0.475 e. The highest BCUT2D eigenvalue weighted by Crippen LogP contribution is 2.37. The van der Waals surface area contributed by atoms with Crippen LogP contribution in [0.3, 0.4) is 0 Å². The zero-order chi connectivity index (χ0) is 26.0. The molecule has 0 amide bonds. The van der Waals surface area contributed by atoms with Gasteiger partial charge in [0.25, 0.3) is 5.92 Å². The van der Waals surface area contributed by atoms with Gasteiger partial charge in [-0.25, -0.2) is 13.6 Å². The van der Waals surface area contributed by atoms with Gasteiger partial charge >= 0.3 is 18.3 Å². The van der Waals surface area contributed by atoms with E-state index in [0.29, 0.717) is 25.6 Å². The lowest BCUT2D eigenvalue weighted by Gasteiger charge is -2.48. The summed E-state index contributed by atoms with van der Waals surface area (Å²) in [7, 11) is 0. The Labute approximate surface area is 197 Å². The topological polar surface area (TPSA) is 55.8 Å². The van der Waals surface area contributed by atoms with E-state index in [4.69, 9.17) is 9.90 Å². The Bertz CT molecular complexity index is 854. The number of nitrogens with one attached hydrogen (secondary N) is 1. The van der Waals surface area contributed by atoms with Gasteiger partial charge in [-0.2, -0.15) is 26.3 Å². The maximum absolute atomic E-state index is 13.9. The van der Waals surface area contributed by atoms with Crippen molar-refractivity contribution in [1.29, 1.82) is 0 Å². The first-order valence-electron chi connectivity index (χ1n) is 11.2. The number of hydrogen-bond donors (Lipinski definition) is 2. The number of nitrogens with zero attached hydrogens (tertiary/aromatic N) is 2. The van der Waals surface area contributed by atoms with Crippen molar-refractivity contribution in [2.45, 2.75) is 62.1 Å². The molecule has 5 nitrogen and oxygen atoms in total. The minimum absolute atomic E-state index is 0.0463. The van der Waals surface area contributed by atoms with Gasteiger partial charge in [-0.05, 0) is 50.0 Å². The molecule has 2 atom stereocenters. The summed E-state index contributed by atoms with van der Waals surface area (Å²) in [5.41, 5.74) is 0.163. The molecular formula is C22H27F8N3O2. The van der Waals surface area contributed by atoms with E-state index in [0.717, 1.165) is 43.6 Å². The van der Waals surface area contributed by atoms with Crippen LogP contribution in [0.5, 0.6) is 0 Å². The lowest BCUT2D eigenvalue weighted by molar-refractivity contribution is -0.192. The van der Waals surface area contributed by atoms with Crippen LogP contribution in [-0.4, -0.2) is 83.8 Å². The van der Waals surface area contributed by atoms with Crippen molar-refractivity contribution in [3.63, 3.8) is 0 Å². The van der Waals surface area contributed by atoms with Gasteiger partial charge in [0, 0.05) is 37.6 Å². The van der Waals surface area contributed by atoms with Crippen molar-refractivity contribution in [2.24, 2.45) is 0 Å². The van der Waals surface area contributed by atoms with Gasteiger partial charge in [0.1, 0.15) is 0 Å². The number of aliphatic carboxylic acids is 1. The van der Waals surface area contributed by atoms with Crippen LogP contribution in [0.2, 0.25) is 0 Å². The average molecular weight is 517 g/mol. The number of alkyl halides is 8. The van der Waals surface area contributed by atoms with Crippen LogP contribution >= 0.6 is 0 Å². The molecular weight excluding hydrogens is 490 g/mol. The second kappa shape index (κ2) is 10.6. The molecule has 0 radical (unpaired) electrons. The standard InChI is InChI=1S/C20H26F5N3.C2HF3O2/c21-19(22)10-18-12-28(16-5-7-26-8-6-16)17(11-27(18)13-19)9-14-1-3-15(4-2-14)20(23,24)25;3-2(4,5)1(6)7/h1-4,16-18,26H,5-13H2;(H,6,7)/t17-,18-;/m0./s1. The fourth-order valence-electron chi connectivity index (χ4n) is 5.00. The molecule has 3 fully saturated rings. The molecule has 0 aliphatic carbocycles. The Kier molecular flexibility index (Phi) is 8.32. The van der Waals surface area contributed by atoms with E-state index in [1.54, 1.807) is 0 Å². The number of benzene rings is 1. The summed E-state index contributed by atoms with van der Waals surface area (Å²) in [6.07, 6.45) is -6.99. The Morgan fingerprint density at radius 3 is 2.09 bits per heavy atom. The summed E-state index contributed by atoms with van der Waals surface area (Å²) in [4.78, 5) is 13.1. The largest absolute Gasteiger partial charge is 0.490 e. The number of carboxylic acid groups (broad SMARTS) is 1. The van der Waals surface area contributed by atoms with E-state index in [1.807, 2.05) is 4.90 Å². The molecule has 1 aromatic rings. The first-order chi connectivity index (χ1) is 16.2. The molecule has 0 unspecified atom stereocenters. The summed E-state index contributed by atoms with van der Waals surface area (Å²) in [6.45, 7) is 2.79. The van der Waals surface area contributed by atoms with E-state index in [2.05, 4.69) is 10.2 Å². The van der Waals surface area contributed by atoms with Crippen LogP contribution in [0.1, 0.15) is 30.4 Å². The molecule has 198 valence electrons. The van der Waals surface area contributed by atoms with Gasteiger partial charge in [0.2, 0.25) is 0 Å². The van der Waals surface area contributed by atoms with Crippen LogP contribution in [0, 0.1) is 0 Å². The van der Waals surface area contributed by atoms with Crippen molar-refractivity contribution in [3.05, 3.63) is 35.4 Å². The lowest BCUT2D eigenvalue weighted by atomic mass is 9.94. The van der Waals surface area contributed by atoms with E-state index >= 15 is 0 Å². The summed E-state index contributed by atoms with van der Waals surface area (Å²) in [5, 5.41) is 10.5. The fourth-order valence-corrected chi connectivity index (χ4v) is 5.00. The maximum atomic E-state index is 13.9. The molecule has 4 rings (SSSR count). The minimum atomic E-state index is -5.08. The fraction of sp³-hybridized carbons (Fsp3) is 0.682. The first kappa shape index (κ1) is 27.6. The van der Waals surface area contributed by atoms with E-state index in [9.17, 15) is 35.1 Å². The van der Waals surface area contributed by atoms with Crippen LogP contribution < -0.4 is 5.32 Å². The third-order valence-corrected chi connectivity index (χ3v) is 6.59. The summed E-state index contributed by atoms with van der Waals surface area (Å²) in [5.74, 6) is -5.40. The molecule has 0 saturated carbocycles. The van der Waals surface area contributed by atoms with E-state index < -0.39 is 29.8 Å². The minimum Gasteiger partial charge on any atom is -0.475 e. The number of piperazine rings is 1. The van der Waals surface area contributed by atoms with Crippen molar-refractivity contribution in [2.75, 3.05) is 32.7 Å². The number of rotatable bonds is 3. The predicted octanol–water partition coefficient (Wildman–Crippen LogP) is 4.03. The number of fused-ring (bicyclic) bond motifs is 1. The van der Waals surface area contributed by atoms with Gasteiger partial charge in [0.05, 0.1) is 12.1 Å². The summed E-state index contributed by atoms with van der Waals surface area (Å²) >= 11 is 0. The number of hydrogen-bond acceptors (Lipinski definition) is 4. The maximum Gasteiger partial charge on any atom is 0.490 e. The molecule has 35 heavy (non-hydrogen) atoms. The molecule has 1 aromatic carbocycles. The molecule has 2 N–H and O–H groups in total. The van der Waals surface area contributed by atoms with E-state index in [-0.39, 0.29) is 25.0 Å². The zero-order valence-electron chi connectivity index (χ0n) is 18.7. The van der Waals surface area contributed by atoms with E-state index in [1.165, 1.54) is 12.1 Å². The molecule has 13 heteroatoms. The summed E-state index contributed by atoms with van der Waals surface area (Å²) in [6, 6.07) is 5.53. The monoisotopic (exact) mass is 517 g/mol. The van der Waals surface area contributed by atoms with Crippen molar-refractivity contribution < 1.29 is 45.0 Å². The van der Waals surface area contributed by atoms with Gasteiger partial charge < -0.3 is 10.4 Å². The van der Waals surface area contributed by atoms with Gasteiger partial charge in [-0.15, -0.1) is 0 Å². The third kappa shape index (κ3) is 7.50. The molecule has 0 aromatic heterocycles. The average Bonchev–Trinajstić information content (AvgIpc) is 3.06. The van der Waals surface area contributed by atoms with Crippen LogP contribution in [0.4, 0.5) is 35.1 Å². The first-order valence-corrected chi connectivity index (χ1v) is 11.2. The number of carboxylic acids is 1. The van der Waals surface area contributed by atoms with Gasteiger partial charge in [0.15, 0.2) is 0 Å². The normalized spacial score (nSPS) is 26.1. The van der Waals surface area contributed by atoms with Crippen molar-refractivity contribution in [1.82, 2.24) is 15.1 Å². The highest BCUT2D eigenvalue weighted by atomic mass is 19.4. The number of halogens is 8.